The Labute approximate surface area is 97.5 Å². The van der Waals surface area contributed by atoms with Crippen LogP contribution in [0.2, 0.25) is 0 Å². The maximum Gasteiger partial charge on any atom is 0.290 e. The number of hydrogen-bond donors (Lipinski definition) is 1. The van der Waals surface area contributed by atoms with Crippen molar-refractivity contribution in [3.63, 3.8) is 0 Å². The minimum absolute atomic E-state index is 0.0239. The van der Waals surface area contributed by atoms with E-state index in [1.54, 1.807) is 37.3 Å². The number of pyridine rings is 1. The standard InChI is InChI=1S/C12H10N2O3/c1-8-6-10(13-7-11(8)14(16)17)9-4-2-3-5-12(9)15/h2-7,15H,1H3. The highest BCUT2D eigenvalue weighted by atomic mass is 16.6. The number of para-hydroxylation sites is 1. The minimum atomic E-state index is -0.475. The molecule has 2 rings (SSSR count). The second-order valence-corrected chi connectivity index (χ2v) is 3.63. The van der Waals surface area contributed by atoms with Gasteiger partial charge in [-0.1, -0.05) is 12.1 Å². The number of aromatic nitrogens is 1. The van der Waals surface area contributed by atoms with E-state index in [2.05, 4.69) is 4.98 Å². The Kier molecular flexibility index (Phi) is 2.74. The normalized spacial score (nSPS) is 10.2. The molecule has 17 heavy (non-hydrogen) atoms. The van der Waals surface area contributed by atoms with E-state index in [9.17, 15) is 15.2 Å². The van der Waals surface area contributed by atoms with Crippen molar-refractivity contribution in [2.45, 2.75) is 6.92 Å². The predicted octanol–water partition coefficient (Wildman–Crippen LogP) is 2.67. The Bertz CT molecular complexity index is 582. The zero-order valence-electron chi connectivity index (χ0n) is 9.12. The molecular weight excluding hydrogens is 220 g/mol. The predicted molar refractivity (Wildman–Crippen MR) is 62.7 cm³/mol. The molecule has 0 amide bonds. The van der Waals surface area contributed by atoms with Crippen LogP contribution in [0.3, 0.4) is 0 Å². The summed E-state index contributed by atoms with van der Waals surface area (Å²) in [6.45, 7) is 1.64. The summed E-state index contributed by atoms with van der Waals surface area (Å²) in [4.78, 5) is 14.2. The molecule has 5 heteroatoms. The molecule has 86 valence electrons. The van der Waals surface area contributed by atoms with Gasteiger partial charge in [-0.25, -0.2) is 4.98 Å². The van der Waals surface area contributed by atoms with Gasteiger partial charge in [-0.15, -0.1) is 0 Å². The highest BCUT2D eigenvalue weighted by Gasteiger charge is 2.13. The summed E-state index contributed by atoms with van der Waals surface area (Å²) in [7, 11) is 0. The molecule has 0 spiro atoms. The van der Waals surface area contributed by atoms with Gasteiger partial charge >= 0.3 is 0 Å². The Morgan fingerprint density at radius 2 is 2.06 bits per heavy atom. The number of phenolic OH excluding ortho intramolecular Hbond substituents is 1. The molecule has 2 aromatic rings. The lowest BCUT2D eigenvalue weighted by Crippen LogP contribution is -1.94. The Morgan fingerprint density at radius 1 is 1.35 bits per heavy atom. The Balaban J connectivity index is 2.52. The fourth-order valence-electron chi connectivity index (χ4n) is 1.58. The summed E-state index contributed by atoms with van der Waals surface area (Å²) < 4.78 is 0. The number of nitrogens with zero attached hydrogens (tertiary/aromatic N) is 2. The first-order valence-corrected chi connectivity index (χ1v) is 4.99. The van der Waals surface area contributed by atoms with Gasteiger partial charge in [0, 0.05) is 11.1 Å². The van der Waals surface area contributed by atoms with Gasteiger partial charge in [0.05, 0.1) is 10.6 Å². The summed E-state index contributed by atoms with van der Waals surface area (Å²) >= 11 is 0. The smallest absolute Gasteiger partial charge is 0.290 e. The molecule has 0 radical (unpaired) electrons. The van der Waals surface area contributed by atoms with Gasteiger partial charge in [0.2, 0.25) is 0 Å². The van der Waals surface area contributed by atoms with Crippen molar-refractivity contribution in [3.8, 4) is 17.0 Å². The lowest BCUT2D eigenvalue weighted by Gasteiger charge is -2.04. The molecule has 0 aliphatic rings. The topological polar surface area (TPSA) is 76.3 Å². The van der Waals surface area contributed by atoms with E-state index in [4.69, 9.17) is 0 Å². The zero-order valence-corrected chi connectivity index (χ0v) is 9.12. The van der Waals surface area contributed by atoms with E-state index in [1.807, 2.05) is 0 Å². The molecular formula is C12H10N2O3. The number of phenols is 1. The largest absolute Gasteiger partial charge is 0.507 e. The monoisotopic (exact) mass is 230 g/mol. The molecule has 0 atom stereocenters. The molecule has 0 unspecified atom stereocenters. The third kappa shape index (κ3) is 2.08. The van der Waals surface area contributed by atoms with Gasteiger partial charge in [0.25, 0.3) is 5.69 Å². The van der Waals surface area contributed by atoms with Crippen molar-refractivity contribution in [3.05, 3.63) is 52.2 Å². The van der Waals surface area contributed by atoms with Crippen molar-refractivity contribution >= 4 is 5.69 Å². The molecule has 1 heterocycles. The fourth-order valence-corrected chi connectivity index (χ4v) is 1.58. The van der Waals surface area contributed by atoms with Crippen molar-refractivity contribution in [2.75, 3.05) is 0 Å². The number of aromatic hydroxyl groups is 1. The highest BCUT2D eigenvalue weighted by Crippen LogP contribution is 2.29. The third-order valence-corrected chi connectivity index (χ3v) is 2.46. The summed E-state index contributed by atoms with van der Waals surface area (Å²) in [6.07, 6.45) is 1.21. The van der Waals surface area contributed by atoms with Crippen LogP contribution in [-0.2, 0) is 0 Å². The second-order valence-electron chi connectivity index (χ2n) is 3.63. The number of nitro groups is 1. The van der Waals surface area contributed by atoms with Crippen LogP contribution in [0.4, 0.5) is 5.69 Å². The van der Waals surface area contributed by atoms with Crippen LogP contribution < -0.4 is 0 Å². The summed E-state index contributed by atoms with van der Waals surface area (Å²) in [5, 5.41) is 20.3. The van der Waals surface area contributed by atoms with Crippen LogP contribution >= 0.6 is 0 Å². The molecule has 0 saturated carbocycles. The number of aryl methyl sites for hydroxylation is 1. The van der Waals surface area contributed by atoms with E-state index in [0.29, 0.717) is 16.8 Å². The average molecular weight is 230 g/mol. The van der Waals surface area contributed by atoms with E-state index >= 15 is 0 Å². The minimum Gasteiger partial charge on any atom is -0.507 e. The van der Waals surface area contributed by atoms with Crippen molar-refractivity contribution in [2.24, 2.45) is 0 Å². The summed E-state index contributed by atoms with van der Waals surface area (Å²) in [5.41, 5.74) is 1.57. The molecule has 1 aromatic heterocycles. The van der Waals surface area contributed by atoms with Gasteiger partial charge < -0.3 is 5.11 Å². The third-order valence-electron chi connectivity index (χ3n) is 2.46. The van der Waals surface area contributed by atoms with Gasteiger partial charge in [0.1, 0.15) is 11.9 Å². The van der Waals surface area contributed by atoms with Gasteiger partial charge in [-0.2, -0.15) is 0 Å². The molecule has 0 saturated heterocycles. The van der Waals surface area contributed by atoms with Crippen LogP contribution in [0, 0.1) is 17.0 Å². The second kappa shape index (κ2) is 4.21. The Hall–Kier alpha value is -2.43. The lowest BCUT2D eigenvalue weighted by molar-refractivity contribution is -0.385. The van der Waals surface area contributed by atoms with Crippen LogP contribution in [0.5, 0.6) is 5.75 Å². The Morgan fingerprint density at radius 3 is 2.65 bits per heavy atom. The van der Waals surface area contributed by atoms with E-state index in [0.717, 1.165) is 0 Å². The zero-order chi connectivity index (χ0) is 12.4. The molecule has 1 aromatic carbocycles. The first-order valence-electron chi connectivity index (χ1n) is 4.99. The molecule has 0 bridgehead atoms. The van der Waals surface area contributed by atoms with Crippen molar-refractivity contribution in [1.82, 2.24) is 4.98 Å². The molecule has 0 fully saturated rings. The van der Waals surface area contributed by atoms with Crippen LogP contribution in [0.15, 0.2) is 36.5 Å². The fraction of sp³-hybridized carbons (Fsp3) is 0.0833. The van der Waals surface area contributed by atoms with Crippen molar-refractivity contribution in [1.29, 1.82) is 0 Å². The quantitative estimate of drug-likeness (QED) is 0.635. The summed E-state index contributed by atoms with van der Waals surface area (Å²) in [5.74, 6) is 0.105. The van der Waals surface area contributed by atoms with E-state index < -0.39 is 4.92 Å². The number of hydrogen-bond acceptors (Lipinski definition) is 4. The maximum atomic E-state index is 10.7. The lowest BCUT2D eigenvalue weighted by atomic mass is 10.1. The van der Waals surface area contributed by atoms with Crippen LogP contribution in [-0.4, -0.2) is 15.0 Å². The van der Waals surface area contributed by atoms with E-state index in [-0.39, 0.29) is 11.4 Å². The molecule has 1 N–H and O–H groups in total. The maximum absolute atomic E-state index is 10.7. The van der Waals surface area contributed by atoms with E-state index in [1.165, 1.54) is 6.20 Å². The van der Waals surface area contributed by atoms with Crippen molar-refractivity contribution < 1.29 is 10.0 Å². The molecule has 5 nitrogen and oxygen atoms in total. The number of rotatable bonds is 2. The van der Waals surface area contributed by atoms with Crippen LogP contribution in [0.25, 0.3) is 11.3 Å². The summed E-state index contributed by atoms with van der Waals surface area (Å²) in [6, 6.07) is 8.33. The molecule has 0 aliphatic carbocycles. The van der Waals surface area contributed by atoms with Crippen LogP contribution in [0.1, 0.15) is 5.56 Å². The van der Waals surface area contributed by atoms with Gasteiger partial charge in [-0.05, 0) is 25.1 Å². The first-order chi connectivity index (χ1) is 8.09. The van der Waals surface area contributed by atoms with Gasteiger partial charge in [0.15, 0.2) is 0 Å². The molecule has 0 aliphatic heterocycles. The first kappa shape index (κ1) is 11.1. The highest BCUT2D eigenvalue weighted by molar-refractivity contribution is 5.68. The number of benzene rings is 1. The average Bonchev–Trinajstić information content (AvgIpc) is 2.29. The SMILES string of the molecule is Cc1cc(-c2ccccc2O)ncc1[N+](=O)[O-]. The van der Waals surface area contributed by atoms with Gasteiger partial charge in [-0.3, -0.25) is 10.1 Å².